The highest BCUT2D eigenvalue weighted by atomic mass is 16.5. The lowest BCUT2D eigenvalue weighted by atomic mass is 10.1. The van der Waals surface area contributed by atoms with Crippen molar-refractivity contribution in [1.29, 1.82) is 0 Å². The fraction of sp³-hybridized carbons (Fsp3) is 0.211. The zero-order valence-electron chi connectivity index (χ0n) is 14.4. The summed E-state index contributed by atoms with van der Waals surface area (Å²) in [6.07, 6.45) is 0.171. The van der Waals surface area contributed by atoms with Crippen LogP contribution in [0.5, 0.6) is 17.2 Å². The van der Waals surface area contributed by atoms with E-state index in [2.05, 4.69) is 9.72 Å². The Hall–Kier alpha value is -3.15. The molecule has 130 valence electrons. The van der Waals surface area contributed by atoms with E-state index in [1.54, 1.807) is 25.3 Å². The van der Waals surface area contributed by atoms with Gasteiger partial charge in [0.1, 0.15) is 0 Å². The first-order valence-electron chi connectivity index (χ1n) is 7.81. The van der Waals surface area contributed by atoms with Gasteiger partial charge in [-0.2, -0.15) is 0 Å². The Morgan fingerprint density at radius 1 is 1.08 bits per heavy atom. The standard InChI is InChI=1S/C19H20N2O4/c1-11-8-13-14(21-11)5-7-16(19(13)20)25-15-6-4-12(9-17(15)23-2)10-18(22)24-3/h4-9,21H,10,20H2,1-3H3. The van der Waals surface area contributed by atoms with E-state index >= 15 is 0 Å². The zero-order valence-corrected chi connectivity index (χ0v) is 14.4. The quantitative estimate of drug-likeness (QED) is 0.548. The number of aromatic nitrogens is 1. The number of hydrogen-bond acceptors (Lipinski definition) is 5. The molecule has 0 fully saturated rings. The molecule has 6 heteroatoms. The van der Waals surface area contributed by atoms with Crippen LogP contribution < -0.4 is 15.2 Å². The molecular formula is C19H20N2O4. The van der Waals surface area contributed by atoms with Crippen molar-refractivity contribution in [2.45, 2.75) is 13.3 Å². The molecule has 2 aromatic carbocycles. The number of anilines is 1. The van der Waals surface area contributed by atoms with Crippen LogP contribution in [0.1, 0.15) is 11.3 Å². The number of nitrogen functional groups attached to an aromatic ring is 1. The first-order chi connectivity index (χ1) is 12.0. The zero-order chi connectivity index (χ0) is 18.0. The van der Waals surface area contributed by atoms with Crippen molar-refractivity contribution < 1.29 is 19.0 Å². The molecule has 0 saturated carbocycles. The second kappa shape index (κ2) is 6.76. The summed E-state index contributed by atoms with van der Waals surface area (Å²) in [5.74, 6) is 1.28. The van der Waals surface area contributed by atoms with E-state index in [9.17, 15) is 4.79 Å². The van der Waals surface area contributed by atoms with Crippen LogP contribution >= 0.6 is 0 Å². The van der Waals surface area contributed by atoms with E-state index < -0.39 is 0 Å². The predicted molar refractivity (Wildman–Crippen MR) is 96.2 cm³/mol. The third-order valence-electron chi connectivity index (χ3n) is 3.96. The van der Waals surface area contributed by atoms with Gasteiger partial charge >= 0.3 is 5.97 Å². The third kappa shape index (κ3) is 3.38. The highest BCUT2D eigenvalue weighted by molar-refractivity contribution is 5.94. The summed E-state index contributed by atoms with van der Waals surface area (Å²) >= 11 is 0. The van der Waals surface area contributed by atoms with Crippen LogP contribution in [0.3, 0.4) is 0 Å². The number of ether oxygens (including phenoxy) is 3. The van der Waals surface area contributed by atoms with Crippen LogP contribution in [0.25, 0.3) is 10.9 Å². The number of H-pyrrole nitrogens is 1. The molecule has 0 bridgehead atoms. The summed E-state index contributed by atoms with van der Waals surface area (Å²) in [7, 11) is 2.91. The fourth-order valence-electron chi connectivity index (χ4n) is 2.70. The number of nitrogens with one attached hydrogen (secondary N) is 1. The smallest absolute Gasteiger partial charge is 0.309 e. The molecule has 1 aromatic heterocycles. The Morgan fingerprint density at radius 2 is 1.84 bits per heavy atom. The molecule has 25 heavy (non-hydrogen) atoms. The van der Waals surface area contributed by atoms with Gasteiger partial charge < -0.3 is 24.9 Å². The summed E-state index contributed by atoms with van der Waals surface area (Å²) in [5.41, 5.74) is 9.57. The van der Waals surface area contributed by atoms with Gasteiger partial charge in [0.25, 0.3) is 0 Å². The predicted octanol–water partition coefficient (Wildman–Crippen LogP) is 3.57. The van der Waals surface area contributed by atoms with Crippen LogP contribution in [0.2, 0.25) is 0 Å². The van der Waals surface area contributed by atoms with Gasteiger partial charge in [0.15, 0.2) is 17.2 Å². The average Bonchev–Trinajstić information content (AvgIpc) is 2.99. The van der Waals surface area contributed by atoms with E-state index in [0.717, 1.165) is 22.2 Å². The van der Waals surface area contributed by atoms with Crippen molar-refractivity contribution in [2.75, 3.05) is 20.0 Å². The minimum Gasteiger partial charge on any atom is -0.493 e. The SMILES string of the molecule is COC(=O)Cc1ccc(Oc2ccc3[nH]c(C)cc3c2N)c(OC)c1. The first-order valence-corrected chi connectivity index (χ1v) is 7.81. The van der Waals surface area contributed by atoms with Gasteiger partial charge in [-0.1, -0.05) is 6.07 Å². The number of hydrogen-bond donors (Lipinski definition) is 2. The Labute approximate surface area is 145 Å². The number of methoxy groups -OCH3 is 2. The van der Waals surface area contributed by atoms with Crippen molar-refractivity contribution >= 4 is 22.6 Å². The number of benzene rings is 2. The molecule has 0 radical (unpaired) electrons. The summed E-state index contributed by atoms with van der Waals surface area (Å²) < 4.78 is 16.0. The Balaban J connectivity index is 1.92. The molecule has 0 unspecified atom stereocenters. The summed E-state index contributed by atoms with van der Waals surface area (Å²) in [6.45, 7) is 1.98. The number of carbonyl (C=O) groups is 1. The molecule has 0 atom stereocenters. The third-order valence-corrected chi connectivity index (χ3v) is 3.96. The van der Waals surface area contributed by atoms with Gasteiger partial charge in [-0.05, 0) is 42.8 Å². The number of esters is 1. The Bertz CT molecular complexity index is 931. The van der Waals surface area contributed by atoms with Crippen LogP contribution in [0.15, 0.2) is 36.4 Å². The molecule has 0 aliphatic rings. The average molecular weight is 340 g/mol. The Kier molecular flexibility index (Phi) is 4.52. The van der Waals surface area contributed by atoms with Gasteiger partial charge in [0.2, 0.25) is 0 Å². The van der Waals surface area contributed by atoms with Gasteiger partial charge in [-0.3, -0.25) is 4.79 Å². The van der Waals surface area contributed by atoms with Crippen LogP contribution in [-0.2, 0) is 16.0 Å². The van der Waals surface area contributed by atoms with Gasteiger partial charge in [0, 0.05) is 16.6 Å². The van der Waals surface area contributed by atoms with E-state index in [1.807, 2.05) is 25.1 Å². The second-order valence-corrected chi connectivity index (χ2v) is 5.73. The molecule has 0 aliphatic heterocycles. The van der Waals surface area contributed by atoms with E-state index in [0.29, 0.717) is 22.9 Å². The van der Waals surface area contributed by atoms with E-state index in [4.69, 9.17) is 15.2 Å². The summed E-state index contributed by atoms with van der Waals surface area (Å²) in [5, 5.41) is 0.913. The maximum Gasteiger partial charge on any atom is 0.309 e. The summed E-state index contributed by atoms with van der Waals surface area (Å²) in [4.78, 5) is 14.7. The van der Waals surface area contributed by atoms with Crippen molar-refractivity contribution in [3.8, 4) is 17.2 Å². The first kappa shape index (κ1) is 16.7. The lowest BCUT2D eigenvalue weighted by Crippen LogP contribution is -2.04. The largest absolute Gasteiger partial charge is 0.493 e. The fourth-order valence-corrected chi connectivity index (χ4v) is 2.70. The monoisotopic (exact) mass is 340 g/mol. The van der Waals surface area contributed by atoms with Crippen LogP contribution in [0, 0.1) is 6.92 Å². The van der Waals surface area contributed by atoms with Gasteiger partial charge in [-0.15, -0.1) is 0 Å². The number of aryl methyl sites for hydroxylation is 1. The Morgan fingerprint density at radius 3 is 2.56 bits per heavy atom. The van der Waals surface area contributed by atoms with Gasteiger partial charge in [-0.25, -0.2) is 0 Å². The number of aromatic amines is 1. The molecule has 1 heterocycles. The molecule has 3 rings (SSSR count). The second-order valence-electron chi connectivity index (χ2n) is 5.73. The summed E-state index contributed by atoms with van der Waals surface area (Å²) in [6, 6.07) is 11.0. The maximum absolute atomic E-state index is 11.4. The molecule has 6 nitrogen and oxygen atoms in total. The highest BCUT2D eigenvalue weighted by Gasteiger charge is 2.13. The van der Waals surface area contributed by atoms with Crippen LogP contribution in [0.4, 0.5) is 5.69 Å². The number of nitrogens with two attached hydrogens (primary N) is 1. The molecule has 0 spiro atoms. The topological polar surface area (TPSA) is 86.6 Å². The molecule has 0 aliphatic carbocycles. The van der Waals surface area contributed by atoms with Crippen molar-refractivity contribution in [3.63, 3.8) is 0 Å². The number of rotatable bonds is 5. The van der Waals surface area contributed by atoms with Crippen molar-refractivity contribution in [1.82, 2.24) is 4.98 Å². The molecule has 3 N–H and O–H groups in total. The molecule has 0 saturated heterocycles. The lowest BCUT2D eigenvalue weighted by Gasteiger charge is -2.13. The highest BCUT2D eigenvalue weighted by Crippen LogP contribution is 2.38. The minimum atomic E-state index is -0.312. The van der Waals surface area contributed by atoms with E-state index in [1.165, 1.54) is 7.11 Å². The van der Waals surface area contributed by atoms with E-state index in [-0.39, 0.29) is 12.4 Å². The van der Waals surface area contributed by atoms with Crippen molar-refractivity contribution in [2.24, 2.45) is 0 Å². The molecular weight excluding hydrogens is 320 g/mol. The maximum atomic E-state index is 11.4. The van der Waals surface area contributed by atoms with Gasteiger partial charge in [0.05, 0.1) is 26.3 Å². The minimum absolute atomic E-state index is 0.171. The lowest BCUT2D eigenvalue weighted by molar-refractivity contribution is -0.139. The van der Waals surface area contributed by atoms with Crippen LogP contribution in [-0.4, -0.2) is 25.2 Å². The number of fused-ring (bicyclic) bond motifs is 1. The number of carbonyl (C=O) groups excluding carboxylic acids is 1. The van der Waals surface area contributed by atoms with Crippen molar-refractivity contribution in [3.05, 3.63) is 47.7 Å². The molecule has 0 amide bonds. The molecule has 3 aromatic rings. The normalized spacial score (nSPS) is 10.7.